The average molecular weight is 664 g/mol. The number of unbranched alkanes of at least 4 members (excludes halogenated alkanes) is 3. The zero-order valence-electron chi connectivity index (χ0n) is 28.7. The molecule has 0 amide bonds. The summed E-state index contributed by atoms with van der Waals surface area (Å²) in [5.41, 5.74) is 0. The number of rotatable bonds is 27. The van der Waals surface area contributed by atoms with Crippen LogP contribution in [-0.2, 0) is 32.7 Å². The zero-order valence-corrected chi connectivity index (χ0v) is 29.6. The molecular weight excluding hydrogens is 605 g/mol. The maximum atomic E-state index is 12.5. The highest BCUT2D eigenvalue weighted by molar-refractivity contribution is 7.45. The number of carbonyl (C=O) groups excluding carboxylic acids is 2. The Kier molecular flexibility index (Phi) is 26.7. The lowest BCUT2D eigenvalue weighted by atomic mass is 10.1. The molecule has 0 aliphatic heterocycles. The number of esters is 2. The third-order valence-corrected chi connectivity index (χ3v) is 7.00. The van der Waals surface area contributed by atoms with E-state index < -0.39 is 32.5 Å². The second kappa shape index (κ2) is 28.4. The van der Waals surface area contributed by atoms with Crippen molar-refractivity contribution in [2.75, 3.05) is 47.5 Å². The predicted molar refractivity (Wildman–Crippen MR) is 185 cm³/mol. The summed E-state index contributed by atoms with van der Waals surface area (Å²) >= 11 is 0. The van der Waals surface area contributed by atoms with Crippen molar-refractivity contribution in [3.8, 4) is 0 Å². The first-order chi connectivity index (χ1) is 22.0. The molecule has 46 heavy (non-hydrogen) atoms. The van der Waals surface area contributed by atoms with E-state index in [4.69, 9.17) is 18.5 Å². The lowest BCUT2D eigenvalue weighted by Crippen LogP contribution is -2.37. The van der Waals surface area contributed by atoms with Gasteiger partial charge >= 0.3 is 11.9 Å². The number of phosphoric ester groups is 1. The van der Waals surface area contributed by atoms with Gasteiger partial charge in [0.2, 0.25) is 0 Å². The highest BCUT2D eigenvalue weighted by Crippen LogP contribution is 2.38. The topological polar surface area (TPSA) is 111 Å². The first-order valence-corrected chi connectivity index (χ1v) is 17.8. The SMILES string of the molecule is CC/C=C/C=C/C=C/C=C/CCCCCC(=O)OC(COC(=O)C/C=C/C/C=C/C/C=C/CC)COP(=O)([O-])OCC[N+](C)(C)C. The number of allylic oxidation sites excluding steroid dienone is 13. The van der Waals surface area contributed by atoms with Gasteiger partial charge in [0.15, 0.2) is 6.10 Å². The standard InChI is InChI=1S/C36H58NO8P/c1-6-8-10-12-14-16-17-18-19-21-23-25-27-29-36(39)45-34(33-44-46(40,41)43-31-30-37(3,4)5)32-42-35(38)28-26-24-22-20-15-13-11-9-7-2/h8-12,14-20,24,26,34H,6-7,13,21-23,25,27-33H2,1-5H3/b10-8+,11-9+,14-12+,17-16+,19-18+,20-15+,26-24+. The number of likely N-dealkylation sites (N-methyl/N-ethyl adjacent to an activating group) is 1. The second-order valence-electron chi connectivity index (χ2n) is 11.5. The van der Waals surface area contributed by atoms with Gasteiger partial charge in [0, 0.05) is 6.42 Å². The molecule has 0 aromatic rings. The predicted octanol–water partition coefficient (Wildman–Crippen LogP) is 7.48. The summed E-state index contributed by atoms with van der Waals surface area (Å²) in [5, 5.41) is 0. The van der Waals surface area contributed by atoms with Crippen molar-refractivity contribution in [1.29, 1.82) is 0 Å². The molecule has 0 N–H and O–H groups in total. The molecule has 10 heteroatoms. The van der Waals surface area contributed by atoms with E-state index in [2.05, 4.69) is 44.2 Å². The molecule has 0 saturated carbocycles. The van der Waals surface area contributed by atoms with E-state index in [-0.39, 0.29) is 26.1 Å². The Bertz CT molecular complexity index is 1070. The summed E-state index contributed by atoms with van der Waals surface area (Å²) in [5.74, 6) is -1.04. The van der Waals surface area contributed by atoms with Crippen molar-refractivity contribution in [3.05, 3.63) is 85.1 Å². The molecule has 2 atom stereocenters. The molecule has 9 nitrogen and oxygen atoms in total. The van der Waals surface area contributed by atoms with Gasteiger partial charge in [0.25, 0.3) is 7.82 Å². The van der Waals surface area contributed by atoms with Crippen LogP contribution in [0.3, 0.4) is 0 Å². The zero-order chi connectivity index (χ0) is 34.4. The molecule has 0 fully saturated rings. The first kappa shape index (κ1) is 43.2. The van der Waals surface area contributed by atoms with Crippen LogP contribution in [0.4, 0.5) is 0 Å². The van der Waals surface area contributed by atoms with Crippen LogP contribution in [0.1, 0.15) is 78.1 Å². The van der Waals surface area contributed by atoms with Gasteiger partial charge < -0.3 is 27.9 Å². The largest absolute Gasteiger partial charge is 0.756 e. The second-order valence-corrected chi connectivity index (χ2v) is 12.9. The maximum absolute atomic E-state index is 12.5. The van der Waals surface area contributed by atoms with Crippen LogP contribution in [0.15, 0.2) is 85.1 Å². The average Bonchev–Trinajstić information content (AvgIpc) is 2.99. The molecule has 0 aromatic heterocycles. The summed E-state index contributed by atoms with van der Waals surface area (Å²) in [6.07, 6.45) is 33.8. The third-order valence-electron chi connectivity index (χ3n) is 6.04. The summed E-state index contributed by atoms with van der Waals surface area (Å²) in [7, 11) is 1.07. The van der Waals surface area contributed by atoms with Crippen molar-refractivity contribution in [1.82, 2.24) is 0 Å². The van der Waals surface area contributed by atoms with Crippen LogP contribution in [0, 0.1) is 0 Å². The van der Waals surface area contributed by atoms with Crippen molar-refractivity contribution >= 4 is 19.8 Å². The molecule has 0 rings (SSSR count). The molecule has 2 unspecified atom stereocenters. The van der Waals surface area contributed by atoms with Crippen LogP contribution in [-0.4, -0.2) is 70.0 Å². The molecule has 0 aliphatic carbocycles. The molecule has 0 aromatic carbocycles. The molecule has 0 radical (unpaired) electrons. The smallest absolute Gasteiger partial charge is 0.309 e. The summed E-state index contributed by atoms with van der Waals surface area (Å²) < 4.78 is 33.4. The molecule has 0 heterocycles. The minimum Gasteiger partial charge on any atom is -0.756 e. The minimum absolute atomic E-state index is 0.0382. The lowest BCUT2D eigenvalue weighted by molar-refractivity contribution is -0.870. The summed E-state index contributed by atoms with van der Waals surface area (Å²) in [4.78, 5) is 37.0. The minimum atomic E-state index is -4.64. The van der Waals surface area contributed by atoms with Crippen LogP contribution in [0.5, 0.6) is 0 Å². The molecule has 0 saturated heterocycles. The fraction of sp³-hybridized carbons (Fsp3) is 0.556. The highest BCUT2D eigenvalue weighted by Gasteiger charge is 2.21. The fourth-order valence-electron chi connectivity index (χ4n) is 3.49. The van der Waals surface area contributed by atoms with Gasteiger partial charge in [0.05, 0.1) is 34.2 Å². The molecule has 0 aliphatic rings. The van der Waals surface area contributed by atoms with Gasteiger partial charge in [-0.1, -0.05) is 105 Å². The number of hydrogen-bond acceptors (Lipinski definition) is 8. The Morgan fingerprint density at radius 1 is 0.717 bits per heavy atom. The van der Waals surface area contributed by atoms with E-state index in [1.54, 1.807) is 6.08 Å². The summed E-state index contributed by atoms with van der Waals surface area (Å²) in [6, 6.07) is 0. The number of quaternary nitrogens is 1. The maximum Gasteiger partial charge on any atom is 0.309 e. The van der Waals surface area contributed by atoms with E-state index in [0.29, 0.717) is 23.9 Å². The Morgan fingerprint density at radius 2 is 1.33 bits per heavy atom. The number of hydrogen-bond donors (Lipinski definition) is 0. The van der Waals surface area contributed by atoms with Crippen molar-refractivity contribution < 1.29 is 42.1 Å². The van der Waals surface area contributed by atoms with E-state index in [1.165, 1.54) is 0 Å². The Balaban J connectivity index is 4.73. The van der Waals surface area contributed by atoms with Crippen LogP contribution < -0.4 is 4.89 Å². The van der Waals surface area contributed by atoms with Crippen LogP contribution >= 0.6 is 7.82 Å². The molecular formula is C36H58NO8P. The number of nitrogens with zero attached hydrogens (tertiary/aromatic N) is 1. The highest BCUT2D eigenvalue weighted by atomic mass is 31.2. The van der Waals surface area contributed by atoms with Crippen LogP contribution in [0.25, 0.3) is 0 Å². The van der Waals surface area contributed by atoms with Gasteiger partial charge in [-0.05, 0) is 44.9 Å². The molecule has 0 spiro atoms. The van der Waals surface area contributed by atoms with Crippen molar-refractivity contribution in [2.24, 2.45) is 0 Å². The van der Waals surface area contributed by atoms with Crippen molar-refractivity contribution in [3.63, 3.8) is 0 Å². The van der Waals surface area contributed by atoms with E-state index >= 15 is 0 Å². The Morgan fingerprint density at radius 3 is 1.98 bits per heavy atom. The van der Waals surface area contributed by atoms with Crippen molar-refractivity contribution in [2.45, 2.75) is 84.2 Å². The van der Waals surface area contributed by atoms with Gasteiger partial charge in [-0.15, -0.1) is 0 Å². The quantitative estimate of drug-likeness (QED) is 0.0222. The van der Waals surface area contributed by atoms with Gasteiger partial charge in [0.1, 0.15) is 19.8 Å². The van der Waals surface area contributed by atoms with Gasteiger partial charge in [-0.3, -0.25) is 14.2 Å². The number of ether oxygens (including phenoxy) is 2. The van der Waals surface area contributed by atoms with E-state index in [0.717, 1.165) is 38.5 Å². The normalized spacial score (nSPS) is 15.0. The van der Waals surface area contributed by atoms with Gasteiger partial charge in [-0.2, -0.15) is 0 Å². The summed E-state index contributed by atoms with van der Waals surface area (Å²) in [6.45, 7) is 3.73. The fourth-order valence-corrected chi connectivity index (χ4v) is 4.22. The van der Waals surface area contributed by atoms with Gasteiger partial charge in [-0.25, -0.2) is 0 Å². The van der Waals surface area contributed by atoms with E-state index in [9.17, 15) is 19.0 Å². The monoisotopic (exact) mass is 663 g/mol. The molecule has 260 valence electrons. The number of carbonyl (C=O) groups is 2. The molecule has 0 bridgehead atoms. The number of phosphoric acid groups is 1. The lowest BCUT2D eigenvalue weighted by Gasteiger charge is -2.28. The Hall–Kier alpha value is -2.81. The third kappa shape index (κ3) is 31.2. The van der Waals surface area contributed by atoms with E-state index in [1.807, 2.05) is 69.8 Å². The Labute approximate surface area is 278 Å². The van der Waals surface area contributed by atoms with Crippen LogP contribution in [0.2, 0.25) is 0 Å². The first-order valence-electron chi connectivity index (χ1n) is 16.3.